The van der Waals surface area contributed by atoms with Gasteiger partial charge in [-0.3, -0.25) is 0 Å². The van der Waals surface area contributed by atoms with Crippen LogP contribution in [0.2, 0.25) is 5.02 Å². The van der Waals surface area contributed by atoms with Crippen LogP contribution in [0.4, 0.5) is 0 Å². The summed E-state index contributed by atoms with van der Waals surface area (Å²) in [6, 6.07) is 5.47. The van der Waals surface area contributed by atoms with E-state index in [9.17, 15) is 0 Å². The van der Waals surface area contributed by atoms with Gasteiger partial charge in [0.25, 0.3) is 0 Å². The second-order valence-electron chi connectivity index (χ2n) is 2.52. The van der Waals surface area contributed by atoms with Gasteiger partial charge in [-0.15, -0.1) is 0 Å². The van der Waals surface area contributed by atoms with Crippen molar-refractivity contribution < 1.29 is 0 Å². The molecule has 1 atom stereocenters. The van der Waals surface area contributed by atoms with Crippen molar-refractivity contribution in [2.24, 2.45) is 11.5 Å². The van der Waals surface area contributed by atoms with E-state index in [0.29, 0.717) is 11.6 Å². The summed E-state index contributed by atoms with van der Waals surface area (Å²) < 4.78 is 0.872. The Morgan fingerprint density at radius 3 is 2.67 bits per heavy atom. The molecule has 0 aliphatic heterocycles. The van der Waals surface area contributed by atoms with Crippen LogP contribution in [0.5, 0.6) is 0 Å². The van der Waals surface area contributed by atoms with Crippen molar-refractivity contribution in [2.45, 2.75) is 6.04 Å². The van der Waals surface area contributed by atoms with Gasteiger partial charge in [0, 0.05) is 17.1 Å². The molecule has 1 aromatic rings. The Morgan fingerprint density at radius 1 is 1.50 bits per heavy atom. The molecule has 1 aromatic carbocycles. The minimum Gasteiger partial charge on any atom is -0.329 e. The van der Waals surface area contributed by atoms with E-state index < -0.39 is 0 Å². The summed E-state index contributed by atoms with van der Waals surface area (Å²) in [4.78, 5) is 0. The van der Waals surface area contributed by atoms with Gasteiger partial charge in [0.15, 0.2) is 0 Å². The molecule has 66 valence electrons. The molecule has 0 heterocycles. The van der Waals surface area contributed by atoms with Crippen LogP contribution < -0.4 is 11.5 Å². The normalized spacial score (nSPS) is 13.0. The van der Waals surface area contributed by atoms with Gasteiger partial charge in [0.1, 0.15) is 0 Å². The molecule has 4 heteroatoms. The molecule has 0 spiro atoms. The Labute approximate surface area is 85.0 Å². The maximum absolute atomic E-state index is 5.87. The first-order valence-corrected chi connectivity index (χ1v) is 4.73. The minimum atomic E-state index is -0.129. The van der Waals surface area contributed by atoms with Gasteiger partial charge in [-0.25, -0.2) is 0 Å². The first kappa shape index (κ1) is 9.99. The van der Waals surface area contributed by atoms with E-state index in [4.69, 9.17) is 23.1 Å². The number of nitrogens with two attached hydrogens (primary N) is 2. The van der Waals surface area contributed by atoms with Gasteiger partial charge in [0.05, 0.1) is 5.02 Å². The molecule has 1 unspecified atom stereocenters. The van der Waals surface area contributed by atoms with E-state index >= 15 is 0 Å². The molecule has 0 aromatic heterocycles. The van der Waals surface area contributed by atoms with Crippen molar-refractivity contribution in [3.63, 3.8) is 0 Å². The maximum atomic E-state index is 5.87. The fourth-order valence-electron chi connectivity index (χ4n) is 0.879. The third-order valence-corrected chi connectivity index (χ3v) is 2.86. The van der Waals surface area contributed by atoms with E-state index in [1.165, 1.54) is 0 Å². The van der Waals surface area contributed by atoms with E-state index in [2.05, 4.69) is 15.9 Å². The number of benzene rings is 1. The fraction of sp³-hybridized carbons (Fsp3) is 0.250. The summed E-state index contributed by atoms with van der Waals surface area (Å²) >= 11 is 9.17. The number of hydrogen-bond acceptors (Lipinski definition) is 2. The maximum Gasteiger partial charge on any atom is 0.0551 e. The Morgan fingerprint density at radius 2 is 2.17 bits per heavy atom. The van der Waals surface area contributed by atoms with Crippen LogP contribution in [0.15, 0.2) is 22.7 Å². The van der Waals surface area contributed by atoms with Crippen molar-refractivity contribution in [1.82, 2.24) is 0 Å². The molecule has 0 saturated carbocycles. The average Bonchev–Trinajstić information content (AvgIpc) is 2.08. The van der Waals surface area contributed by atoms with Crippen LogP contribution in [-0.2, 0) is 0 Å². The smallest absolute Gasteiger partial charge is 0.0551 e. The average molecular weight is 250 g/mol. The molecular weight excluding hydrogens is 239 g/mol. The van der Waals surface area contributed by atoms with Crippen LogP contribution in [0.1, 0.15) is 11.6 Å². The van der Waals surface area contributed by atoms with Crippen LogP contribution in [0.25, 0.3) is 0 Å². The highest BCUT2D eigenvalue weighted by Crippen LogP contribution is 2.24. The van der Waals surface area contributed by atoms with Crippen LogP contribution in [0.3, 0.4) is 0 Å². The molecule has 0 radical (unpaired) electrons. The van der Waals surface area contributed by atoms with Crippen molar-refractivity contribution in [1.29, 1.82) is 0 Å². The fourth-order valence-corrected chi connectivity index (χ4v) is 1.31. The van der Waals surface area contributed by atoms with Crippen molar-refractivity contribution in [2.75, 3.05) is 6.54 Å². The van der Waals surface area contributed by atoms with Gasteiger partial charge in [-0.1, -0.05) is 17.7 Å². The molecule has 0 bridgehead atoms. The van der Waals surface area contributed by atoms with E-state index in [0.717, 1.165) is 10.0 Å². The summed E-state index contributed by atoms with van der Waals surface area (Å²) in [5, 5.41) is 0.663. The minimum absolute atomic E-state index is 0.129. The summed E-state index contributed by atoms with van der Waals surface area (Å²) in [5.41, 5.74) is 12.1. The second kappa shape index (κ2) is 4.23. The SMILES string of the molecule is NCC(N)c1ccc(Br)c(Cl)c1. The van der Waals surface area contributed by atoms with Gasteiger partial charge in [-0.2, -0.15) is 0 Å². The molecule has 0 amide bonds. The molecule has 2 nitrogen and oxygen atoms in total. The summed E-state index contributed by atoms with van der Waals surface area (Å²) in [6.45, 7) is 0.429. The van der Waals surface area contributed by atoms with Crippen molar-refractivity contribution in [3.05, 3.63) is 33.3 Å². The number of rotatable bonds is 2. The molecule has 0 aliphatic rings. The Balaban J connectivity index is 2.96. The first-order chi connectivity index (χ1) is 5.65. The summed E-state index contributed by atoms with van der Waals surface area (Å²) in [7, 11) is 0. The lowest BCUT2D eigenvalue weighted by molar-refractivity contribution is 0.737. The van der Waals surface area contributed by atoms with Crippen molar-refractivity contribution >= 4 is 27.5 Å². The third kappa shape index (κ3) is 2.20. The van der Waals surface area contributed by atoms with E-state index in [1.54, 1.807) is 0 Å². The largest absolute Gasteiger partial charge is 0.329 e. The zero-order valence-electron chi connectivity index (χ0n) is 6.43. The van der Waals surface area contributed by atoms with Crippen LogP contribution in [0, 0.1) is 0 Å². The lowest BCUT2D eigenvalue weighted by Gasteiger charge is -2.09. The predicted octanol–water partition coefficient (Wildman–Crippen LogP) is 2.06. The van der Waals surface area contributed by atoms with Gasteiger partial charge < -0.3 is 11.5 Å². The standard InChI is InChI=1S/C8H10BrClN2/c9-6-2-1-5(3-7(6)10)8(12)4-11/h1-3,8H,4,11-12H2. The lowest BCUT2D eigenvalue weighted by Crippen LogP contribution is -2.20. The van der Waals surface area contributed by atoms with E-state index in [-0.39, 0.29) is 6.04 Å². The molecular formula is C8H10BrClN2. The highest BCUT2D eigenvalue weighted by atomic mass is 79.9. The molecule has 12 heavy (non-hydrogen) atoms. The Bertz CT molecular complexity index is 278. The lowest BCUT2D eigenvalue weighted by atomic mass is 10.1. The van der Waals surface area contributed by atoms with E-state index in [1.807, 2.05) is 18.2 Å². The van der Waals surface area contributed by atoms with Gasteiger partial charge in [0.2, 0.25) is 0 Å². The molecule has 4 N–H and O–H groups in total. The summed E-state index contributed by atoms with van der Waals surface area (Å²) in [6.07, 6.45) is 0. The molecule has 1 rings (SSSR count). The Kier molecular flexibility index (Phi) is 3.53. The topological polar surface area (TPSA) is 52.0 Å². The number of halogens is 2. The monoisotopic (exact) mass is 248 g/mol. The zero-order valence-corrected chi connectivity index (χ0v) is 8.77. The highest BCUT2D eigenvalue weighted by Gasteiger charge is 2.05. The number of hydrogen-bond donors (Lipinski definition) is 2. The zero-order chi connectivity index (χ0) is 9.14. The highest BCUT2D eigenvalue weighted by molar-refractivity contribution is 9.10. The van der Waals surface area contributed by atoms with Crippen LogP contribution in [-0.4, -0.2) is 6.54 Å². The van der Waals surface area contributed by atoms with Gasteiger partial charge >= 0.3 is 0 Å². The molecule has 0 saturated heterocycles. The quantitative estimate of drug-likeness (QED) is 0.843. The predicted molar refractivity (Wildman–Crippen MR) is 55.1 cm³/mol. The Hall–Kier alpha value is -0.0900. The van der Waals surface area contributed by atoms with Crippen LogP contribution >= 0.6 is 27.5 Å². The molecule has 0 aliphatic carbocycles. The molecule has 0 fully saturated rings. The second-order valence-corrected chi connectivity index (χ2v) is 3.78. The van der Waals surface area contributed by atoms with Gasteiger partial charge in [-0.05, 0) is 33.6 Å². The summed E-state index contributed by atoms with van der Waals surface area (Å²) in [5.74, 6) is 0. The third-order valence-electron chi connectivity index (χ3n) is 1.63. The van der Waals surface area contributed by atoms with Crippen molar-refractivity contribution in [3.8, 4) is 0 Å². The first-order valence-electron chi connectivity index (χ1n) is 3.55.